The third-order valence-corrected chi connectivity index (χ3v) is 4.86. The van der Waals surface area contributed by atoms with Gasteiger partial charge in [-0.2, -0.15) is 0 Å². The monoisotopic (exact) mass is 288 g/mol. The molecule has 2 rings (SSSR count). The fraction of sp³-hybridized carbons (Fsp3) is 0.684. The van der Waals surface area contributed by atoms with Crippen molar-refractivity contribution in [1.29, 1.82) is 0 Å². The van der Waals surface area contributed by atoms with Gasteiger partial charge in [0.05, 0.1) is 0 Å². The minimum atomic E-state index is 0.472. The van der Waals surface area contributed by atoms with Gasteiger partial charge in [-0.15, -0.1) is 0 Å². The van der Waals surface area contributed by atoms with E-state index < -0.39 is 0 Å². The zero-order chi connectivity index (χ0) is 15.3. The van der Waals surface area contributed by atoms with Gasteiger partial charge in [-0.25, -0.2) is 0 Å². The molecule has 0 amide bonds. The third-order valence-electron chi connectivity index (χ3n) is 4.86. The predicted octanol–water partition coefficient (Wildman–Crippen LogP) is 4.07. The molecule has 0 saturated heterocycles. The van der Waals surface area contributed by atoms with E-state index >= 15 is 0 Å². The quantitative estimate of drug-likeness (QED) is 0.849. The van der Waals surface area contributed by atoms with Gasteiger partial charge in [0.1, 0.15) is 0 Å². The molecule has 2 unspecified atom stereocenters. The second kappa shape index (κ2) is 7.42. The highest BCUT2D eigenvalue weighted by Crippen LogP contribution is 2.37. The Hall–Kier alpha value is -0.860. The summed E-state index contributed by atoms with van der Waals surface area (Å²) in [6.45, 7) is 9.29. The van der Waals surface area contributed by atoms with E-state index in [0.29, 0.717) is 17.5 Å². The summed E-state index contributed by atoms with van der Waals surface area (Å²) in [5.41, 5.74) is 1.89. The first-order valence-corrected chi connectivity index (χ1v) is 8.49. The van der Waals surface area contributed by atoms with E-state index in [1.165, 1.54) is 31.2 Å². The van der Waals surface area contributed by atoms with Gasteiger partial charge >= 0.3 is 0 Å². The van der Waals surface area contributed by atoms with Crippen LogP contribution in [-0.4, -0.2) is 30.6 Å². The van der Waals surface area contributed by atoms with Gasteiger partial charge in [0.2, 0.25) is 0 Å². The Morgan fingerprint density at radius 2 is 1.95 bits per heavy atom. The summed E-state index contributed by atoms with van der Waals surface area (Å²) in [4.78, 5) is 2.56. The molecule has 0 bridgehead atoms. The molecule has 0 heterocycles. The second-order valence-corrected chi connectivity index (χ2v) is 7.44. The van der Waals surface area contributed by atoms with Crippen LogP contribution in [0.2, 0.25) is 0 Å². The van der Waals surface area contributed by atoms with Crippen molar-refractivity contribution in [2.75, 3.05) is 13.6 Å². The van der Waals surface area contributed by atoms with Crippen molar-refractivity contribution in [3.05, 3.63) is 35.9 Å². The lowest BCUT2D eigenvalue weighted by Gasteiger charge is -2.45. The largest absolute Gasteiger partial charge is 0.312 e. The Morgan fingerprint density at radius 3 is 2.62 bits per heavy atom. The number of hydrogen-bond acceptors (Lipinski definition) is 2. The van der Waals surface area contributed by atoms with Gasteiger partial charge in [-0.3, -0.25) is 4.90 Å². The van der Waals surface area contributed by atoms with Crippen LogP contribution in [0.1, 0.15) is 52.0 Å². The number of nitrogens with one attached hydrogen (secondary N) is 1. The zero-order valence-corrected chi connectivity index (χ0v) is 14.2. The van der Waals surface area contributed by atoms with E-state index in [-0.39, 0.29) is 0 Å². The van der Waals surface area contributed by atoms with Crippen molar-refractivity contribution in [2.24, 2.45) is 5.41 Å². The van der Waals surface area contributed by atoms with Crippen LogP contribution < -0.4 is 5.32 Å². The second-order valence-electron chi connectivity index (χ2n) is 7.44. The lowest BCUT2D eigenvalue weighted by molar-refractivity contribution is 0.0775. The summed E-state index contributed by atoms with van der Waals surface area (Å²) in [7, 11) is 2.29. The standard InChI is InChI=1S/C19H32N2/c1-5-13-20-17-11-12-19(2,3)14-18(17)21(4)15-16-9-7-6-8-10-16/h6-10,17-18,20H,5,11-15H2,1-4H3. The summed E-state index contributed by atoms with van der Waals surface area (Å²) >= 11 is 0. The molecule has 2 nitrogen and oxygen atoms in total. The van der Waals surface area contributed by atoms with E-state index in [0.717, 1.165) is 13.1 Å². The Labute approximate surface area is 130 Å². The first-order chi connectivity index (χ1) is 10.0. The van der Waals surface area contributed by atoms with Crippen molar-refractivity contribution >= 4 is 0 Å². The van der Waals surface area contributed by atoms with Gasteiger partial charge in [-0.1, -0.05) is 51.1 Å². The fourth-order valence-electron chi connectivity index (χ4n) is 3.57. The SMILES string of the molecule is CCCNC1CCC(C)(C)CC1N(C)Cc1ccccc1. The highest BCUT2D eigenvalue weighted by molar-refractivity contribution is 5.14. The van der Waals surface area contributed by atoms with Crippen LogP contribution in [0.15, 0.2) is 30.3 Å². The average molecular weight is 288 g/mol. The first kappa shape index (κ1) is 16.5. The Bertz CT molecular complexity index is 413. The van der Waals surface area contributed by atoms with E-state index in [1.54, 1.807) is 0 Å². The summed E-state index contributed by atoms with van der Waals surface area (Å²) in [6.07, 6.45) is 5.15. The molecule has 1 aromatic carbocycles. The van der Waals surface area contributed by atoms with Gasteiger partial charge in [-0.05, 0) is 50.3 Å². The molecule has 1 aliphatic rings. The van der Waals surface area contributed by atoms with Gasteiger partial charge in [0.15, 0.2) is 0 Å². The highest BCUT2D eigenvalue weighted by Gasteiger charge is 2.36. The highest BCUT2D eigenvalue weighted by atomic mass is 15.2. The van der Waals surface area contributed by atoms with Crippen molar-refractivity contribution < 1.29 is 0 Å². The van der Waals surface area contributed by atoms with Crippen LogP contribution in [-0.2, 0) is 6.54 Å². The molecule has 0 spiro atoms. The molecule has 1 aliphatic carbocycles. The normalized spacial score (nSPS) is 25.2. The lowest BCUT2D eigenvalue weighted by Crippen LogP contribution is -2.53. The van der Waals surface area contributed by atoms with Gasteiger partial charge in [0, 0.05) is 18.6 Å². The fourth-order valence-corrected chi connectivity index (χ4v) is 3.57. The minimum Gasteiger partial charge on any atom is -0.312 e. The van der Waals surface area contributed by atoms with Crippen LogP contribution >= 0.6 is 0 Å². The van der Waals surface area contributed by atoms with Crippen LogP contribution in [0.4, 0.5) is 0 Å². The smallest absolute Gasteiger partial charge is 0.0254 e. The minimum absolute atomic E-state index is 0.472. The Balaban J connectivity index is 2.03. The van der Waals surface area contributed by atoms with E-state index in [9.17, 15) is 0 Å². The predicted molar refractivity (Wildman–Crippen MR) is 91.4 cm³/mol. The van der Waals surface area contributed by atoms with Gasteiger partial charge in [0.25, 0.3) is 0 Å². The number of hydrogen-bond donors (Lipinski definition) is 1. The van der Waals surface area contributed by atoms with Crippen molar-refractivity contribution in [2.45, 2.75) is 65.1 Å². The molecule has 0 radical (unpaired) electrons. The van der Waals surface area contributed by atoms with Crippen molar-refractivity contribution in [3.63, 3.8) is 0 Å². The third kappa shape index (κ3) is 4.82. The molecule has 2 atom stereocenters. The molecule has 21 heavy (non-hydrogen) atoms. The Morgan fingerprint density at radius 1 is 1.24 bits per heavy atom. The van der Waals surface area contributed by atoms with Crippen LogP contribution in [0.5, 0.6) is 0 Å². The topological polar surface area (TPSA) is 15.3 Å². The first-order valence-electron chi connectivity index (χ1n) is 8.49. The van der Waals surface area contributed by atoms with Crippen molar-refractivity contribution in [3.8, 4) is 0 Å². The molecule has 1 fully saturated rings. The van der Waals surface area contributed by atoms with E-state index in [4.69, 9.17) is 0 Å². The Kier molecular flexibility index (Phi) is 5.83. The number of benzene rings is 1. The van der Waals surface area contributed by atoms with E-state index in [1.807, 2.05) is 0 Å². The number of rotatable bonds is 6. The maximum absolute atomic E-state index is 3.78. The summed E-state index contributed by atoms with van der Waals surface area (Å²) in [5, 5.41) is 3.78. The maximum Gasteiger partial charge on any atom is 0.0254 e. The molecule has 118 valence electrons. The molecular weight excluding hydrogens is 256 g/mol. The maximum atomic E-state index is 3.78. The molecule has 1 N–H and O–H groups in total. The molecule has 0 aliphatic heterocycles. The molecule has 2 heteroatoms. The zero-order valence-electron chi connectivity index (χ0n) is 14.2. The summed E-state index contributed by atoms with van der Waals surface area (Å²) < 4.78 is 0. The molecular formula is C19H32N2. The van der Waals surface area contributed by atoms with Crippen LogP contribution in [0.3, 0.4) is 0 Å². The number of nitrogens with zero attached hydrogens (tertiary/aromatic N) is 1. The van der Waals surface area contributed by atoms with Crippen LogP contribution in [0.25, 0.3) is 0 Å². The van der Waals surface area contributed by atoms with Crippen molar-refractivity contribution in [1.82, 2.24) is 10.2 Å². The average Bonchev–Trinajstić information content (AvgIpc) is 2.46. The van der Waals surface area contributed by atoms with E-state index in [2.05, 4.69) is 68.4 Å². The summed E-state index contributed by atoms with van der Waals surface area (Å²) in [5.74, 6) is 0. The van der Waals surface area contributed by atoms with Gasteiger partial charge < -0.3 is 5.32 Å². The van der Waals surface area contributed by atoms with Crippen LogP contribution in [0, 0.1) is 5.41 Å². The lowest BCUT2D eigenvalue weighted by atomic mass is 9.72. The molecule has 1 aromatic rings. The molecule has 1 saturated carbocycles. The molecule has 0 aromatic heterocycles. The summed E-state index contributed by atoms with van der Waals surface area (Å²) in [6, 6.07) is 12.1. The number of likely N-dealkylation sites (N-methyl/N-ethyl adjacent to an activating group) is 1.